The number of amides is 2. The Morgan fingerprint density at radius 1 is 1.03 bits per heavy atom. The summed E-state index contributed by atoms with van der Waals surface area (Å²) in [5, 5.41) is 2.89. The van der Waals surface area contributed by atoms with Gasteiger partial charge in [0.2, 0.25) is 5.91 Å². The van der Waals surface area contributed by atoms with Gasteiger partial charge in [-0.25, -0.2) is 0 Å². The van der Waals surface area contributed by atoms with Crippen LogP contribution in [-0.4, -0.2) is 42.5 Å². The zero-order valence-corrected chi connectivity index (χ0v) is 19.5. The molecule has 0 aromatic heterocycles. The van der Waals surface area contributed by atoms with Gasteiger partial charge < -0.3 is 15.0 Å². The molecule has 0 saturated heterocycles. The van der Waals surface area contributed by atoms with E-state index in [-0.39, 0.29) is 23.8 Å². The summed E-state index contributed by atoms with van der Waals surface area (Å²) in [6, 6.07) is 17.2. The summed E-state index contributed by atoms with van der Waals surface area (Å²) in [4.78, 5) is 27.3. The van der Waals surface area contributed by atoms with Crippen LogP contribution in [0.5, 0.6) is 5.75 Å². The lowest BCUT2D eigenvalue weighted by Crippen LogP contribution is -2.50. The van der Waals surface area contributed by atoms with E-state index in [9.17, 15) is 9.59 Å². The summed E-state index contributed by atoms with van der Waals surface area (Å²) in [6.45, 7) is 11.1. The van der Waals surface area contributed by atoms with Gasteiger partial charge in [-0.05, 0) is 42.4 Å². The van der Waals surface area contributed by atoms with Crippen LogP contribution in [0.25, 0.3) is 0 Å². The van der Waals surface area contributed by atoms with Gasteiger partial charge in [0.1, 0.15) is 11.8 Å². The highest BCUT2D eigenvalue weighted by atomic mass is 16.5. The summed E-state index contributed by atoms with van der Waals surface area (Å²) in [7, 11) is 0. The van der Waals surface area contributed by atoms with Crippen molar-refractivity contribution < 1.29 is 14.3 Å². The molecule has 1 atom stereocenters. The number of para-hydroxylation sites is 1. The van der Waals surface area contributed by atoms with Gasteiger partial charge in [-0.1, -0.05) is 76.2 Å². The third kappa shape index (κ3) is 7.42. The van der Waals surface area contributed by atoms with E-state index in [2.05, 4.69) is 26.1 Å². The number of carbonyl (C=O) groups is 2. The van der Waals surface area contributed by atoms with Crippen molar-refractivity contribution >= 4 is 11.8 Å². The number of nitrogens with one attached hydrogen (secondary N) is 1. The number of nitrogens with zero attached hydrogens (tertiary/aromatic N) is 1. The average Bonchev–Trinajstić information content (AvgIpc) is 2.76. The molecule has 0 bridgehead atoms. The van der Waals surface area contributed by atoms with Gasteiger partial charge in [-0.3, -0.25) is 9.59 Å². The maximum atomic E-state index is 13.1. The summed E-state index contributed by atoms with van der Waals surface area (Å²) >= 11 is 0. The van der Waals surface area contributed by atoms with Crippen molar-refractivity contribution in [3.8, 4) is 5.75 Å². The highest BCUT2D eigenvalue weighted by Gasteiger charge is 2.26. The largest absolute Gasteiger partial charge is 0.483 e. The van der Waals surface area contributed by atoms with Crippen LogP contribution in [-0.2, 0) is 21.4 Å². The number of ether oxygens (including phenoxy) is 1. The molecule has 0 aliphatic rings. The van der Waals surface area contributed by atoms with Gasteiger partial charge in [0.15, 0.2) is 6.61 Å². The summed E-state index contributed by atoms with van der Waals surface area (Å²) in [5.74, 6) is 0.367. The smallest absolute Gasteiger partial charge is 0.261 e. The minimum absolute atomic E-state index is 0.0973. The Bertz CT molecular complexity index is 843. The number of carbonyl (C=O) groups excluding carboxylic acids is 2. The van der Waals surface area contributed by atoms with Gasteiger partial charge in [0, 0.05) is 13.1 Å². The van der Waals surface area contributed by atoms with Crippen molar-refractivity contribution in [2.75, 3.05) is 19.7 Å². The van der Waals surface area contributed by atoms with Gasteiger partial charge in [0.25, 0.3) is 5.91 Å². The molecule has 0 fully saturated rings. The SMILES string of the molecule is CCCNC(=O)[C@@H](C)N(CCc1ccccc1)C(=O)COc1ccccc1C(C)(C)C. The number of hydrogen-bond donors (Lipinski definition) is 1. The second kappa shape index (κ2) is 11.5. The Balaban J connectivity index is 2.13. The first-order valence-electron chi connectivity index (χ1n) is 11.1. The zero-order chi connectivity index (χ0) is 22.9. The lowest BCUT2D eigenvalue weighted by molar-refractivity contribution is -0.141. The summed E-state index contributed by atoms with van der Waals surface area (Å²) in [5.41, 5.74) is 2.08. The predicted molar refractivity (Wildman–Crippen MR) is 125 cm³/mol. The van der Waals surface area contributed by atoms with Gasteiger partial charge in [-0.2, -0.15) is 0 Å². The molecule has 0 aliphatic carbocycles. The van der Waals surface area contributed by atoms with Crippen LogP contribution in [0.15, 0.2) is 54.6 Å². The molecule has 2 aromatic carbocycles. The van der Waals surface area contributed by atoms with Crippen molar-refractivity contribution in [1.29, 1.82) is 0 Å². The predicted octanol–water partition coefficient (Wildman–Crippen LogP) is 4.35. The van der Waals surface area contributed by atoms with Crippen LogP contribution < -0.4 is 10.1 Å². The molecule has 2 aromatic rings. The minimum atomic E-state index is -0.566. The second-order valence-electron chi connectivity index (χ2n) is 8.82. The number of rotatable bonds is 10. The second-order valence-corrected chi connectivity index (χ2v) is 8.82. The van der Waals surface area contributed by atoms with Crippen LogP contribution in [0.1, 0.15) is 52.2 Å². The summed E-state index contributed by atoms with van der Waals surface area (Å²) in [6.07, 6.45) is 1.53. The van der Waals surface area contributed by atoms with E-state index in [0.29, 0.717) is 25.3 Å². The van der Waals surface area contributed by atoms with Crippen LogP contribution in [0.2, 0.25) is 0 Å². The maximum absolute atomic E-state index is 13.1. The average molecular weight is 425 g/mol. The Labute approximate surface area is 186 Å². The highest BCUT2D eigenvalue weighted by molar-refractivity contribution is 5.88. The van der Waals surface area contributed by atoms with E-state index in [0.717, 1.165) is 17.5 Å². The molecule has 0 spiro atoms. The molecule has 5 heteroatoms. The monoisotopic (exact) mass is 424 g/mol. The van der Waals surface area contributed by atoms with Crippen molar-refractivity contribution in [1.82, 2.24) is 10.2 Å². The lowest BCUT2D eigenvalue weighted by atomic mass is 9.86. The van der Waals surface area contributed by atoms with E-state index in [1.54, 1.807) is 11.8 Å². The molecule has 0 unspecified atom stereocenters. The van der Waals surface area contributed by atoms with E-state index in [1.165, 1.54) is 0 Å². The van der Waals surface area contributed by atoms with Crippen LogP contribution in [0, 0.1) is 0 Å². The van der Waals surface area contributed by atoms with Crippen molar-refractivity contribution in [3.05, 3.63) is 65.7 Å². The van der Waals surface area contributed by atoms with Gasteiger partial charge in [0.05, 0.1) is 0 Å². The van der Waals surface area contributed by atoms with Crippen molar-refractivity contribution in [3.63, 3.8) is 0 Å². The van der Waals surface area contributed by atoms with E-state index < -0.39 is 6.04 Å². The Morgan fingerprint density at radius 2 is 1.68 bits per heavy atom. The fraction of sp³-hybridized carbons (Fsp3) is 0.462. The van der Waals surface area contributed by atoms with Gasteiger partial charge in [-0.15, -0.1) is 0 Å². The van der Waals surface area contributed by atoms with Crippen LogP contribution in [0.3, 0.4) is 0 Å². The fourth-order valence-corrected chi connectivity index (χ4v) is 3.40. The third-order valence-corrected chi connectivity index (χ3v) is 5.25. The number of benzene rings is 2. The molecular formula is C26H36N2O3. The maximum Gasteiger partial charge on any atom is 0.261 e. The molecule has 0 saturated carbocycles. The van der Waals surface area contributed by atoms with Gasteiger partial charge >= 0.3 is 0 Å². The minimum Gasteiger partial charge on any atom is -0.483 e. The molecule has 1 N–H and O–H groups in total. The fourth-order valence-electron chi connectivity index (χ4n) is 3.40. The Morgan fingerprint density at radius 3 is 2.32 bits per heavy atom. The van der Waals surface area contributed by atoms with Crippen molar-refractivity contribution in [2.24, 2.45) is 0 Å². The highest BCUT2D eigenvalue weighted by Crippen LogP contribution is 2.30. The molecule has 0 heterocycles. The molecule has 2 rings (SSSR count). The number of hydrogen-bond acceptors (Lipinski definition) is 3. The third-order valence-electron chi connectivity index (χ3n) is 5.25. The Kier molecular flexibility index (Phi) is 9.10. The molecular weight excluding hydrogens is 388 g/mol. The molecule has 2 amide bonds. The lowest BCUT2D eigenvalue weighted by Gasteiger charge is -2.29. The zero-order valence-electron chi connectivity index (χ0n) is 19.5. The molecule has 168 valence electrons. The standard InChI is InChI=1S/C26H36N2O3/c1-6-17-27-25(30)20(2)28(18-16-21-12-8-7-9-13-21)24(29)19-31-23-15-11-10-14-22(23)26(3,4)5/h7-15,20H,6,16-19H2,1-5H3,(H,27,30)/t20-/m1/s1. The Hall–Kier alpha value is -2.82. The van der Waals surface area contributed by atoms with E-state index >= 15 is 0 Å². The van der Waals surface area contributed by atoms with Crippen LogP contribution in [0.4, 0.5) is 0 Å². The molecule has 0 radical (unpaired) electrons. The first-order valence-corrected chi connectivity index (χ1v) is 11.1. The molecule has 5 nitrogen and oxygen atoms in total. The van der Waals surface area contributed by atoms with E-state index in [4.69, 9.17) is 4.74 Å². The normalized spacial score (nSPS) is 12.2. The first-order chi connectivity index (χ1) is 14.7. The molecule has 0 aliphatic heterocycles. The topological polar surface area (TPSA) is 58.6 Å². The summed E-state index contributed by atoms with van der Waals surface area (Å²) < 4.78 is 5.95. The first kappa shape index (κ1) is 24.4. The quantitative estimate of drug-likeness (QED) is 0.617. The molecule has 31 heavy (non-hydrogen) atoms. The van der Waals surface area contributed by atoms with E-state index in [1.807, 2.05) is 61.5 Å². The van der Waals surface area contributed by atoms with Crippen molar-refractivity contribution in [2.45, 2.75) is 58.9 Å². The van der Waals surface area contributed by atoms with Crippen LogP contribution >= 0.6 is 0 Å².